The molecule has 0 fully saturated rings. The van der Waals surface area contributed by atoms with Crippen LogP contribution in [0.1, 0.15) is 16.7 Å². The van der Waals surface area contributed by atoms with Gasteiger partial charge in [0.05, 0.1) is 0 Å². The molecule has 3 rings (SSSR count). The molecule has 0 unspecified atom stereocenters. The summed E-state index contributed by atoms with van der Waals surface area (Å²) in [6.45, 7) is 0. The van der Waals surface area contributed by atoms with Gasteiger partial charge in [-0.3, -0.25) is 0 Å². The Labute approximate surface area is 150 Å². The number of hydrogen-bond acceptors (Lipinski definition) is 2. The van der Waals surface area contributed by atoms with E-state index >= 15 is 0 Å². The summed E-state index contributed by atoms with van der Waals surface area (Å²) in [7, 11) is 1.67. The summed E-state index contributed by atoms with van der Waals surface area (Å²) >= 11 is 3.17. The van der Waals surface area contributed by atoms with Gasteiger partial charge in [-0.15, -0.1) is 0 Å². The molecule has 0 bridgehead atoms. The molecule has 0 amide bonds. The predicted octanol–water partition coefficient (Wildman–Crippen LogP) is 4.04. The van der Waals surface area contributed by atoms with Gasteiger partial charge >= 0.3 is 151 Å². The SMILES string of the molecule is COc1ccc(NC(=[Se])c2ccccc2Cc2ccccc2)cc1. The molecule has 0 aliphatic heterocycles. The van der Waals surface area contributed by atoms with Gasteiger partial charge in [-0.25, -0.2) is 0 Å². The molecule has 0 heterocycles. The fourth-order valence-corrected chi connectivity index (χ4v) is 3.25. The van der Waals surface area contributed by atoms with Crippen molar-refractivity contribution in [3.05, 3.63) is 95.6 Å². The molecule has 0 aliphatic carbocycles. The Bertz CT molecular complexity index is 813. The Morgan fingerprint density at radius 2 is 1.54 bits per heavy atom. The maximum absolute atomic E-state index is 5.20. The molecule has 3 aromatic rings. The number of ether oxygens (including phenoxy) is 1. The zero-order valence-electron chi connectivity index (χ0n) is 13.5. The molecule has 0 saturated carbocycles. The molecule has 2 nitrogen and oxygen atoms in total. The third-order valence-corrected chi connectivity index (χ3v) is 4.52. The average Bonchev–Trinajstić information content (AvgIpc) is 2.63. The Kier molecular flexibility index (Phi) is 5.47. The number of rotatable bonds is 6. The van der Waals surface area contributed by atoms with Crippen LogP contribution in [0.5, 0.6) is 5.75 Å². The van der Waals surface area contributed by atoms with Crippen LogP contribution in [0.4, 0.5) is 5.69 Å². The van der Waals surface area contributed by atoms with Crippen LogP contribution in [0.2, 0.25) is 0 Å². The first-order chi connectivity index (χ1) is 11.8. The fraction of sp³-hybridized carbons (Fsp3) is 0.0952. The number of hydrogen-bond donors (Lipinski definition) is 1. The predicted molar refractivity (Wildman–Crippen MR) is 102 cm³/mol. The van der Waals surface area contributed by atoms with Crippen LogP contribution in [0.15, 0.2) is 78.9 Å². The Morgan fingerprint density at radius 3 is 2.25 bits per heavy atom. The Hall–Kier alpha value is -2.35. The van der Waals surface area contributed by atoms with Crippen LogP contribution >= 0.6 is 0 Å². The fourth-order valence-electron chi connectivity index (χ4n) is 2.58. The second-order valence-electron chi connectivity index (χ2n) is 5.50. The molecule has 24 heavy (non-hydrogen) atoms. The molecular formula is C21H19NOSe. The van der Waals surface area contributed by atoms with E-state index in [0.717, 1.165) is 22.4 Å². The first kappa shape index (κ1) is 16.5. The molecule has 0 spiro atoms. The van der Waals surface area contributed by atoms with Crippen molar-refractivity contribution in [1.29, 1.82) is 0 Å². The molecule has 0 aromatic heterocycles. The van der Waals surface area contributed by atoms with Gasteiger partial charge in [0.2, 0.25) is 0 Å². The summed E-state index contributed by atoms with van der Waals surface area (Å²) in [5.74, 6) is 0.853. The molecule has 3 aromatic carbocycles. The van der Waals surface area contributed by atoms with E-state index in [9.17, 15) is 0 Å². The normalized spacial score (nSPS) is 10.2. The van der Waals surface area contributed by atoms with Gasteiger partial charge in [0.15, 0.2) is 0 Å². The number of methoxy groups -OCH3 is 1. The van der Waals surface area contributed by atoms with Crippen molar-refractivity contribution in [2.24, 2.45) is 0 Å². The summed E-state index contributed by atoms with van der Waals surface area (Å²) in [5, 5.41) is 3.44. The van der Waals surface area contributed by atoms with Crippen molar-refractivity contribution in [3.63, 3.8) is 0 Å². The van der Waals surface area contributed by atoms with E-state index in [-0.39, 0.29) is 0 Å². The molecule has 120 valence electrons. The van der Waals surface area contributed by atoms with Crippen LogP contribution in [-0.2, 0) is 6.42 Å². The van der Waals surface area contributed by atoms with Gasteiger partial charge in [0, 0.05) is 0 Å². The van der Waals surface area contributed by atoms with Crippen LogP contribution in [0.25, 0.3) is 0 Å². The minimum atomic E-state index is 0.853. The van der Waals surface area contributed by atoms with Crippen LogP contribution < -0.4 is 10.1 Å². The van der Waals surface area contributed by atoms with E-state index < -0.39 is 0 Å². The molecular weight excluding hydrogens is 361 g/mol. The van der Waals surface area contributed by atoms with Crippen molar-refractivity contribution >= 4 is 25.8 Å². The van der Waals surface area contributed by atoms with Gasteiger partial charge in [-0.1, -0.05) is 0 Å². The van der Waals surface area contributed by atoms with Crippen LogP contribution in [0, 0.1) is 0 Å². The molecule has 0 atom stereocenters. The van der Waals surface area contributed by atoms with E-state index in [4.69, 9.17) is 4.74 Å². The zero-order valence-corrected chi connectivity index (χ0v) is 15.2. The van der Waals surface area contributed by atoms with Crippen LogP contribution in [-0.4, -0.2) is 27.2 Å². The molecule has 3 heteroatoms. The van der Waals surface area contributed by atoms with Gasteiger partial charge in [0.1, 0.15) is 0 Å². The van der Waals surface area contributed by atoms with Crippen molar-refractivity contribution in [3.8, 4) is 5.75 Å². The first-order valence-electron chi connectivity index (χ1n) is 7.83. The van der Waals surface area contributed by atoms with E-state index in [1.54, 1.807) is 7.11 Å². The third-order valence-electron chi connectivity index (χ3n) is 3.85. The third kappa shape index (κ3) is 4.14. The Morgan fingerprint density at radius 1 is 0.875 bits per heavy atom. The van der Waals surface area contributed by atoms with Crippen molar-refractivity contribution in [1.82, 2.24) is 0 Å². The summed E-state index contributed by atoms with van der Waals surface area (Å²) in [6, 6.07) is 26.9. The van der Waals surface area contributed by atoms with E-state index in [0.29, 0.717) is 0 Å². The summed E-state index contributed by atoms with van der Waals surface area (Å²) < 4.78 is 6.22. The monoisotopic (exact) mass is 381 g/mol. The number of nitrogens with one attached hydrogen (secondary N) is 1. The maximum atomic E-state index is 5.20. The van der Waals surface area contributed by atoms with E-state index in [1.807, 2.05) is 30.3 Å². The van der Waals surface area contributed by atoms with Gasteiger partial charge < -0.3 is 0 Å². The topological polar surface area (TPSA) is 21.3 Å². The molecule has 0 saturated heterocycles. The standard InChI is InChI=1S/C21H19NOSe/c1-23-19-13-11-18(12-14-19)22-21(24)20-10-6-5-9-17(20)15-16-7-3-2-4-8-16/h2-14H,15H2,1H3,(H,22,24). The van der Waals surface area contributed by atoms with E-state index in [2.05, 4.69) is 69.4 Å². The van der Waals surface area contributed by atoms with Gasteiger partial charge in [-0.05, 0) is 0 Å². The van der Waals surface area contributed by atoms with Gasteiger partial charge in [0.25, 0.3) is 0 Å². The molecule has 1 N–H and O–H groups in total. The second-order valence-corrected chi connectivity index (χ2v) is 6.36. The zero-order chi connectivity index (χ0) is 16.8. The minimum absolute atomic E-state index is 0.853. The van der Waals surface area contributed by atoms with Crippen molar-refractivity contribution < 1.29 is 4.74 Å². The average molecular weight is 380 g/mol. The second kappa shape index (κ2) is 7.96. The quantitative estimate of drug-likeness (QED) is 0.652. The number of anilines is 1. The number of benzene rings is 3. The summed E-state index contributed by atoms with van der Waals surface area (Å²) in [6.07, 6.45) is 0.909. The molecule has 0 radical (unpaired) electrons. The first-order valence-corrected chi connectivity index (χ1v) is 8.69. The van der Waals surface area contributed by atoms with Crippen molar-refractivity contribution in [2.75, 3.05) is 12.4 Å². The van der Waals surface area contributed by atoms with Crippen molar-refractivity contribution in [2.45, 2.75) is 6.42 Å². The Balaban J connectivity index is 1.79. The van der Waals surface area contributed by atoms with Gasteiger partial charge in [-0.2, -0.15) is 0 Å². The summed E-state index contributed by atoms with van der Waals surface area (Å²) in [5.41, 5.74) is 4.82. The van der Waals surface area contributed by atoms with E-state index in [1.165, 1.54) is 16.7 Å². The summed E-state index contributed by atoms with van der Waals surface area (Å²) in [4.78, 5) is 0. The molecule has 0 aliphatic rings. The van der Waals surface area contributed by atoms with Crippen LogP contribution in [0.3, 0.4) is 0 Å².